The molecule has 0 amide bonds. The first-order valence-corrected chi connectivity index (χ1v) is 5.27. The molecule has 84 valence electrons. The van der Waals surface area contributed by atoms with Gasteiger partial charge in [0.2, 0.25) is 0 Å². The van der Waals surface area contributed by atoms with Gasteiger partial charge in [0.05, 0.1) is 12.8 Å². The number of benzene rings is 1. The Morgan fingerprint density at radius 3 is 2.25 bits per heavy atom. The molecule has 0 aliphatic carbocycles. The summed E-state index contributed by atoms with van der Waals surface area (Å²) < 4.78 is 7.23. The van der Waals surface area contributed by atoms with Gasteiger partial charge < -0.3 is 4.74 Å². The van der Waals surface area contributed by atoms with Crippen LogP contribution in [-0.4, -0.2) is 16.9 Å². The molecule has 0 saturated carbocycles. The maximum absolute atomic E-state index is 5.36. The van der Waals surface area contributed by atoms with Crippen LogP contribution in [0.15, 0.2) is 24.4 Å². The summed E-state index contributed by atoms with van der Waals surface area (Å²) in [7, 11) is 3.66. The van der Waals surface area contributed by atoms with Crippen LogP contribution in [0.1, 0.15) is 11.1 Å². The van der Waals surface area contributed by atoms with E-state index < -0.39 is 0 Å². The van der Waals surface area contributed by atoms with Gasteiger partial charge in [0.1, 0.15) is 5.75 Å². The second-order valence-corrected chi connectivity index (χ2v) is 3.98. The van der Waals surface area contributed by atoms with Crippen molar-refractivity contribution in [3.05, 3.63) is 35.5 Å². The van der Waals surface area contributed by atoms with Crippen molar-refractivity contribution in [3.8, 4) is 17.0 Å². The third-order valence-electron chi connectivity index (χ3n) is 2.78. The molecule has 0 spiro atoms. The second-order valence-electron chi connectivity index (χ2n) is 3.98. The Hall–Kier alpha value is -1.77. The SMILES string of the molecule is COc1c(C)cc(-c2ccnn2C)cc1C. The van der Waals surface area contributed by atoms with E-state index in [1.807, 2.05) is 24.0 Å². The van der Waals surface area contributed by atoms with Gasteiger partial charge in [-0.3, -0.25) is 4.68 Å². The lowest BCUT2D eigenvalue weighted by molar-refractivity contribution is 0.408. The first-order valence-electron chi connectivity index (χ1n) is 5.27. The number of aryl methyl sites for hydroxylation is 3. The quantitative estimate of drug-likeness (QED) is 0.771. The van der Waals surface area contributed by atoms with Gasteiger partial charge in [-0.05, 0) is 43.2 Å². The Balaban J connectivity index is 2.57. The van der Waals surface area contributed by atoms with Crippen LogP contribution in [0.4, 0.5) is 0 Å². The van der Waals surface area contributed by atoms with E-state index >= 15 is 0 Å². The van der Waals surface area contributed by atoms with Crippen LogP contribution in [0.3, 0.4) is 0 Å². The third-order valence-corrected chi connectivity index (χ3v) is 2.78. The van der Waals surface area contributed by atoms with Crippen LogP contribution in [0.2, 0.25) is 0 Å². The summed E-state index contributed by atoms with van der Waals surface area (Å²) in [6, 6.07) is 6.27. The molecule has 0 fully saturated rings. The molecule has 3 nitrogen and oxygen atoms in total. The van der Waals surface area contributed by atoms with Crippen LogP contribution >= 0.6 is 0 Å². The van der Waals surface area contributed by atoms with E-state index in [-0.39, 0.29) is 0 Å². The third kappa shape index (κ3) is 1.69. The van der Waals surface area contributed by atoms with Crippen molar-refractivity contribution < 1.29 is 4.74 Å². The average molecular weight is 216 g/mol. The molecule has 16 heavy (non-hydrogen) atoms. The maximum Gasteiger partial charge on any atom is 0.124 e. The predicted octanol–water partition coefficient (Wildman–Crippen LogP) is 2.71. The zero-order chi connectivity index (χ0) is 11.7. The minimum atomic E-state index is 0.964. The van der Waals surface area contributed by atoms with Crippen LogP contribution < -0.4 is 4.74 Å². The van der Waals surface area contributed by atoms with Gasteiger partial charge >= 0.3 is 0 Å². The molecule has 0 aliphatic heterocycles. The molecule has 2 aromatic rings. The fourth-order valence-electron chi connectivity index (χ4n) is 2.08. The molecular formula is C13H16N2O. The van der Waals surface area contributed by atoms with Gasteiger partial charge in [-0.2, -0.15) is 5.10 Å². The molecule has 0 aliphatic rings. The summed E-state index contributed by atoms with van der Waals surface area (Å²) >= 11 is 0. The van der Waals surface area contributed by atoms with Gasteiger partial charge in [-0.15, -0.1) is 0 Å². The molecule has 3 heteroatoms. The first-order chi connectivity index (χ1) is 7.63. The summed E-state index contributed by atoms with van der Waals surface area (Å²) in [5.74, 6) is 0.964. The number of ether oxygens (including phenoxy) is 1. The zero-order valence-electron chi connectivity index (χ0n) is 10.1. The highest BCUT2D eigenvalue weighted by Crippen LogP contribution is 2.29. The Bertz CT molecular complexity index is 491. The van der Waals surface area contributed by atoms with Crippen LogP contribution in [0.5, 0.6) is 5.75 Å². The van der Waals surface area contributed by atoms with E-state index in [4.69, 9.17) is 4.74 Å². The Kier molecular flexibility index (Phi) is 2.69. The highest BCUT2D eigenvalue weighted by Gasteiger charge is 2.08. The van der Waals surface area contributed by atoms with Crippen LogP contribution in [-0.2, 0) is 7.05 Å². The lowest BCUT2D eigenvalue weighted by Crippen LogP contribution is -1.96. The molecule has 0 atom stereocenters. The Morgan fingerprint density at radius 1 is 1.19 bits per heavy atom. The molecule has 1 aromatic heterocycles. The Labute approximate surface area is 95.7 Å². The van der Waals surface area contributed by atoms with Crippen LogP contribution in [0.25, 0.3) is 11.3 Å². The van der Waals surface area contributed by atoms with E-state index in [1.54, 1.807) is 7.11 Å². The smallest absolute Gasteiger partial charge is 0.124 e. The van der Waals surface area contributed by atoms with Crippen molar-refractivity contribution in [1.29, 1.82) is 0 Å². The minimum Gasteiger partial charge on any atom is -0.496 e. The summed E-state index contributed by atoms with van der Waals surface area (Å²) in [5.41, 5.74) is 4.60. The summed E-state index contributed by atoms with van der Waals surface area (Å²) in [4.78, 5) is 0. The van der Waals surface area contributed by atoms with Crippen LogP contribution in [0, 0.1) is 13.8 Å². The zero-order valence-corrected chi connectivity index (χ0v) is 10.1. The lowest BCUT2D eigenvalue weighted by atomic mass is 10.0. The highest BCUT2D eigenvalue weighted by molar-refractivity contribution is 5.64. The number of aromatic nitrogens is 2. The van der Waals surface area contributed by atoms with Crippen molar-refractivity contribution >= 4 is 0 Å². The molecule has 2 rings (SSSR count). The van der Waals surface area contributed by atoms with Gasteiger partial charge in [0.15, 0.2) is 0 Å². The van der Waals surface area contributed by atoms with Crippen molar-refractivity contribution in [3.63, 3.8) is 0 Å². The molecular weight excluding hydrogens is 200 g/mol. The normalized spacial score (nSPS) is 10.5. The van der Waals surface area contributed by atoms with E-state index in [9.17, 15) is 0 Å². The molecule has 0 radical (unpaired) electrons. The molecule has 1 heterocycles. The largest absolute Gasteiger partial charge is 0.496 e. The number of rotatable bonds is 2. The average Bonchev–Trinajstić information content (AvgIpc) is 2.64. The monoisotopic (exact) mass is 216 g/mol. The molecule has 0 saturated heterocycles. The fourth-order valence-corrected chi connectivity index (χ4v) is 2.08. The van der Waals surface area contributed by atoms with Crippen molar-refractivity contribution in [2.75, 3.05) is 7.11 Å². The topological polar surface area (TPSA) is 27.1 Å². The van der Waals surface area contributed by atoms with Gasteiger partial charge in [0.25, 0.3) is 0 Å². The maximum atomic E-state index is 5.36. The summed E-state index contributed by atoms with van der Waals surface area (Å²) in [6.07, 6.45) is 1.81. The van der Waals surface area contributed by atoms with E-state index in [0.29, 0.717) is 0 Å². The summed E-state index contributed by atoms with van der Waals surface area (Å²) in [5, 5.41) is 4.18. The molecule has 0 unspecified atom stereocenters. The molecule has 1 aromatic carbocycles. The number of hydrogen-bond donors (Lipinski definition) is 0. The molecule has 0 N–H and O–H groups in total. The summed E-state index contributed by atoms with van der Waals surface area (Å²) in [6.45, 7) is 4.12. The van der Waals surface area contributed by atoms with Gasteiger partial charge in [-0.1, -0.05) is 0 Å². The minimum absolute atomic E-state index is 0.964. The number of methoxy groups -OCH3 is 1. The Morgan fingerprint density at radius 2 is 1.81 bits per heavy atom. The van der Waals surface area contributed by atoms with E-state index in [2.05, 4.69) is 31.1 Å². The molecule has 0 bridgehead atoms. The van der Waals surface area contributed by atoms with Crippen molar-refractivity contribution in [2.45, 2.75) is 13.8 Å². The number of hydrogen-bond acceptors (Lipinski definition) is 2. The fraction of sp³-hybridized carbons (Fsp3) is 0.308. The lowest BCUT2D eigenvalue weighted by Gasteiger charge is -2.11. The van der Waals surface area contributed by atoms with Gasteiger partial charge in [0, 0.05) is 18.8 Å². The van der Waals surface area contributed by atoms with Gasteiger partial charge in [-0.25, -0.2) is 0 Å². The predicted molar refractivity (Wildman–Crippen MR) is 64.7 cm³/mol. The highest BCUT2D eigenvalue weighted by atomic mass is 16.5. The van der Waals surface area contributed by atoms with Crippen molar-refractivity contribution in [1.82, 2.24) is 9.78 Å². The van der Waals surface area contributed by atoms with Crippen molar-refractivity contribution in [2.24, 2.45) is 7.05 Å². The number of nitrogens with zero attached hydrogens (tertiary/aromatic N) is 2. The standard InChI is InChI=1S/C13H16N2O/c1-9-7-11(8-10(2)13(9)16-4)12-5-6-14-15(12)3/h5-8H,1-4H3. The van der Waals surface area contributed by atoms with E-state index in [1.165, 1.54) is 5.56 Å². The second kappa shape index (κ2) is 4.00. The first kappa shape index (κ1) is 10.7. The van der Waals surface area contributed by atoms with E-state index in [0.717, 1.165) is 22.6 Å².